The molecule has 0 amide bonds. The number of benzene rings is 1. The first-order chi connectivity index (χ1) is 17.2. The molecule has 2 aliphatic rings. The second-order valence-electron chi connectivity index (χ2n) is 8.92. The summed E-state index contributed by atoms with van der Waals surface area (Å²) in [6.45, 7) is 4.38. The minimum atomic E-state index is -0.766. The van der Waals surface area contributed by atoms with E-state index >= 15 is 0 Å². The van der Waals surface area contributed by atoms with Crippen molar-refractivity contribution in [2.75, 3.05) is 54.0 Å². The van der Waals surface area contributed by atoms with Gasteiger partial charge in [0, 0.05) is 57.3 Å². The summed E-state index contributed by atoms with van der Waals surface area (Å²) in [5.74, 6) is 0.180. The third-order valence-electron chi connectivity index (χ3n) is 6.83. The van der Waals surface area contributed by atoms with Gasteiger partial charge >= 0.3 is 5.97 Å². The second kappa shape index (κ2) is 8.86. The molecule has 178 valence electrons. The summed E-state index contributed by atoms with van der Waals surface area (Å²) in [7, 11) is 0. The summed E-state index contributed by atoms with van der Waals surface area (Å²) in [6.07, 6.45) is 5.83. The number of aliphatic carboxylic acids is 1. The average Bonchev–Trinajstić information content (AvgIpc) is 3.57. The zero-order valence-corrected chi connectivity index (χ0v) is 19.2. The molecule has 2 fully saturated rings. The molecule has 6 rings (SSSR count). The van der Waals surface area contributed by atoms with Gasteiger partial charge in [-0.25, -0.2) is 4.98 Å². The number of anilines is 3. The Morgan fingerprint density at radius 3 is 2.31 bits per heavy atom. The van der Waals surface area contributed by atoms with E-state index in [4.69, 9.17) is 9.97 Å². The molecular weight excluding hydrogens is 444 g/mol. The number of nitrogens with zero attached hydrogens (tertiary/aromatic N) is 8. The normalized spacial score (nSPS) is 18.4. The summed E-state index contributed by atoms with van der Waals surface area (Å²) < 4.78 is 1.94. The van der Waals surface area contributed by atoms with Crippen LogP contribution >= 0.6 is 0 Å². The molecule has 10 nitrogen and oxygen atoms in total. The second-order valence-corrected chi connectivity index (χ2v) is 8.92. The maximum atomic E-state index is 11.6. The van der Waals surface area contributed by atoms with Crippen LogP contribution in [0.3, 0.4) is 0 Å². The predicted molar refractivity (Wildman–Crippen MR) is 133 cm³/mol. The fourth-order valence-corrected chi connectivity index (χ4v) is 4.89. The Morgan fingerprint density at radius 1 is 0.857 bits per heavy atom. The molecular formula is C25H26N8O2. The van der Waals surface area contributed by atoms with E-state index in [0.29, 0.717) is 42.4 Å². The van der Waals surface area contributed by atoms with E-state index in [1.54, 1.807) is 18.7 Å². The molecule has 2 saturated heterocycles. The highest BCUT2D eigenvalue weighted by atomic mass is 16.4. The number of fused-ring (bicyclic) bond motifs is 1. The van der Waals surface area contributed by atoms with Crippen LogP contribution in [0.15, 0.2) is 61.2 Å². The van der Waals surface area contributed by atoms with Crippen LogP contribution < -0.4 is 14.7 Å². The van der Waals surface area contributed by atoms with Crippen LogP contribution in [0.5, 0.6) is 0 Å². The van der Waals surface area contributed by atoms with Crippen LogP contribution in [0.2, 0.25) is 0 Å². The maximum absolute atomic E-state index is 11.6. The van der Waals surface area contributed by atoms with Crippen molar-refractivity contribution in [2.45, 2.75) is 6.42 Å². The fourth-order valence-electron chi connectivity index (χ4n) is 4.89. The Hall–Kier alpha value is -4.21. The number of pyridine rings is 1. The standard InChI is InChI=1S/C25H26N8O2/c34-24(35)18-8-11-32(16-18)22-21-23(33(17-27-21)20-6-9-26-10-7-20)29-25(28-22)31-14-12-30(13-15-31)19-4-2-1-3-5-19/h1-7,9-10,17-18H,8,11-16H2,(H,34,35). The Kier molecular flexibility index (Phi) is 5.40. The summed E-state index contributed by atoms with van der Waals surface area (Å²) >= 11 is 0. The van der Waals surface area contributed by atoms with Crippen molar-refractivity contribution in [2.24, 2.45) is 5.92 Å². The van der Waals surface area contributed by atoms with Gasteiger partial charge in [0.15, 0.2) is 17.0 Å². The van der Waals surface area contributed by atoms with Crippen LogP contribution in [0.4, 0.5) is 17.5 Å². The third kappa shape index (κ3) is 4.01. The number of carbonyl (C=O) groups is 1. The van der Waals surface area contributed by atoms with Crippen LogP contribution in [-0.2, 0) is 4.79 Å². The largest absolute Gasteiger partial charge is 0.481 e. The number of hydrogen-bond donors (Lipinski definition) is 1. The first-order valence-electron chi connectivity index (χ1n) is 11.9. The lowest BCUT2D eigenvalue weighted by Crippen LogP contribution is -2.47. The van der Waals surface area contributed by atoms with Gasteiger partial charge in [-0.2, -0.15) is 9.97 Å². The van der Waals surface area contributed by atoms with Gasteiger partial charge in [0.1, 0.15) is 6.33 Å². The summed E-state index contributed by atoms with van der Waals surface area (Å²) in [5.41, 5.74) is 3.52. The van der Waals surface area contributed by atoms with E-state index in [-0.39, 0.29) is 0 Å². The number of hydrogen-bond acceptors (Lipinski definition) is 8. The molecule has 2 aliphatic heterocycles. The molecule has 35 heavy (non-hydrogen) atoms. The van der Waals surface area contributed by atoms with Gasteiger partial charge in [-0.05, 0) is 30.7 Å². The van der Waals surface area contributed by atoms with Gasteiger partial charge in [0.2, 0.25) is 5.95 Å². The molecule has 1 N–H and O–H groups in total. The van der Waals surface area contributed by atoms with Crippen LogP contribution in [0.25, 0.3) is 16.9 Å². The molecule has 0 bridgehead atoms. The first-order valence-corrected chi connectivity index (χ1v) is 11.9. The number of rotatable bonds is 5. The van der Waals surface area contributed by atoms with Crippen molar-refractivity contribution in [1.82, 2.24) is 24.5 Å². The van der Waals surface area contributed by atoms with E-state index in [0.717, 1.165) is 31.9 Å². The summed E-state index contributed by atoms with van der Waals surface area (Å²) in [6, 6.07) is 14.3. The first kappa shape index (κ1) is 21.3. The highest BCUT2D eigenvalue weighted by Gasteiger charge is 2.32. The molecule has 0 aliphatic carbocycles. The van der Waals surface area contributed by atoms with E-state index < -0.39 is 11.9 Å². The van der Waals surface area contributed by atoms with Crippen molar-refractivity contribution in [3.8, 4) is 5.69 Å². The molecule has 1 aromatic carbocycles. The molecule has 5 heterocycles. The highest BCUT2D eigenvalue weighted by molar-refractivity contribution is 5.87. The minimum absolute atomic E-state index is 0.403. The lowest BCUT2D eigenvalue weighted by molar-refractivity contribution is -0.140. The fraction of sp³-hybridized carbons (Fsp3) is 0.320. The molecule has 0 spiro atoms. The average molecular weight is 471 g/mol. The van der Waals surface area contributed by atoms with Gasteiger partial charge in [-0.3, -0.25) is 14.3 Å². The molecule has 1 atom stereocenters. The maximum Gasteiger partial charge on any atom is 0.308 e. The number of carboxylic acids is 1. The molecule has 4 aromatic rings. The smallest absolute Gasteiger partial charge is 0.308 e. The van der Waals surface area contributed by atoms with Crippen LogP contribution in [0.1, 0.15) is 6.42 Å². The number of aromatic nitrogens is 5. The van der Waals surface area contributed by atoms with E-state index in [1.807, 2.05) is 27.7 Å². The Balaban J connectivity index is 1.36. The van der Waals surface area contributed by atoms with Crippen molar-refractivity contribution >= 4 is 34.6 Å². The van der Waals surface area contributed by atoms with Gasteiger partial charge < -0.3 is 19.8 Å². The Morgan fingerprint density at radius 2 is 1.60 bits per heavy atom. The van der Waals surface area contributed by atoms with Crippen LogP contribution in [0, 0.1) is 5.92 Å². The quantitative estimate of drug-likeness (QED) is 0.471. The van der Waals surface area contributed by atoms with Gasteiger partial charge in [0.05, 0.1) is 11.6 Å². The topological polar surface area (TPSA) is 104 Å². The lowest BCUT2D eigenvalue weighted by atomic mass is 10.1. The van der Waals surface area contributed by atoms with Gasteiger partial charge in [-0.1, -0.05) is 18.2 Å². The molecule has 0 saturated carbocycles. The number of para-hydroxylation sites is 1. The van der Waals surface area contributed by atoms with E-state index in [1.165, 1.54) is 5.69 Å². The SMILES string of the molecule is O=C(O)C1CCN(c2nc(N3CCN(c4ccccc4)CC3)nc3c2ncn3-c2ccncc2)C1. The molecule has 0 radical (unpaired) electrons. The Bertz CT molecular complexity index is 1340. The molecule has 10 heteroatoms. The number of piperazine rings is 1. The highest BCUT2D eigenvalue weighted by Crippen LogP contribution is 2.31. The monoisotopic (exact) mass is 470 g/mol. The molecule has 1 unspecified atom stereocenters. The van der Waals surface area contributed by atoms with Gasteiger partial charge in [0.25, 0.3) is 0 Å². The number of imidazole rings is 1. The van der Waals surface area contributed by atoms with E-state index in [9.17, 15) is 9.90 Å². The zero-order valence-electron chi connectivity index (χ0n) is 19.2. The Labute approximate surface area is 202 Å². The summed E-state index contributed by atoms with van der Waals surface area (Å²) in [4.78, 5) is 36.9. The minimum Gasteiger partial charge on any atom is -0.481 e. The van der Waals surface area contributed by atoms with E-state index in [2.05, 4.69) is 44.0 Å². The van der Waals surface area contributed by atoms with Crippen LogP contribution in [-0.4, -0.2) is 74.8 Å². The van der Waals surface area contributed by atoms with Crippen molar-refractivity contribution in [3.63, 3.8) is 0 Å². The molecule has 3 aromatic heterocycles. The third-order valence-corrected chi connectivity index (χ3v) is 6.83. The van der Waals surface area contributed by atoms with Gasteiger partial charge in [-0.15, -0.1) is 0 Å². The van der Waals surface area contributed by atoms with Crippen molar-refractivity contribution < 1.29 is 9.90 Å². The zero-order chi connectivity index (χ0) is 23.8. The predicted octanol–water partition coefficient (Wildman–Crippen LogP) is 2.45. The van der Waals surface area contributed by atoms with Crippen molar-refractivity contribution in [1.29, 1.82) is 0 Å². The summed E-state index contributed by atoms with van der Waals surface area (Å²) in [5, 5.41) is 9.52. The number of carboxylic acid groups (broad SMARTS) is 1. The van der Waals surface area contributed by atoms with Crippen molar-refractivity contribution in [3.05, 3.63) is 61.2 Å². The lowest BCUT2D eigenvalue weighted by Gasteiger charge is -2.36.